The Kier molecular flexibility index (Phi) is 8.03. The Morgan fingerprint density at radius 3 is 2.28 bits per heavy atom. The van der Waals surface area contributed by atoms with Crippen molar-refractivity contribution in [2.24, 2.45) is 0 Å². The van der Waals surface area contributed by atoms with Crippen molar-refractivity contribution in [3.8, 4) is 11.5 Å². The summed E-state index contributed by atoms with van der Waals surface area (Å²) >= 11 is 6.25. The smallest absolute Gasteiger partial charge is 0.251 e. The van der Waals surface area contributed by atoms with E-state index in [4.69, 9.17) is 21.1 Å². The van der Waals surface area contributed by atoms with Crippen LogP contribution in [0.4, 0.5) is 0 Å². The molecule has 0 bridgehead atoms. The highest BCUT2D eigenvalue weighted by Gasteiger charge is 2.28. The average molecular weight is 481 g/mol. The summed E-state index contributed by atoms with van der Waals surface area (Å²) < 4.78 is 38.4. The first-order valence-corrected chi connectivity index (χ1v) is 12.4. The van der Waals surface area contributed by atoms with Crippen LogP contribution >= 0.6 is 11.6 Å². The molecular weight excluding hydrogens is 452 g/mol. The third-order valence-corrected chi connectivity index (χ3v) is 8.01. The number of methoxy groups -OCH3 is 2. The van der Waals surface area contributed by atoms with Crippen LogP contribution in [0.15, 0.2) is 41.3 Å². The number of sulfonamides is 1. The molecule has 0 saturated carbocycles. The van der Waals surface area contributed by atoms with Gasteiger partial charge in [0.1, 0.15) is 4.90 Å². The predicted octanol–water partition coefficient (Wildman–Crippen LogP) is 4.41. The summed E-state index contributed by atoms with van der Waals surface area (Å²) in [5, 5.41) is 3.01. The van der Waals surface area contributed by atoms with Gasteiger partial charge in [0.05, 0.1) is 25.3 Å². The van der Waals surface area contributed by atoms with Crippen molar-refractivity contribution >= 4 is 27.5 Å². The molecular formula is C23H29ClN2O5S. The lowest BCUT2D eigenvalue weighted by Gasteiger charge is -2.21. The number of carbonyl (C=O) groups is 1. The van der Waals surface area contributed by atoms with Gasteiger partial charge in [-0.25, -0.2) is 8.42 Å². The zero-order chi connectivity index (χ0) is 23.3. The number of nitrogens with one attached hydrogen (secondary N) is 1. The van der Waals surface area contributed by atoms with Gasteiger partial charge in [-0.2, -0.15) is 4.31 Å². The van der Waals surface area contributed by atoms with Crippen LogP contribution < -0.4 is 14.8 Å². The zero-order valence-electron chi connectivity index (χ0n) is 18.6. The molecule has 0 aliphatic carbocycles. The largest absolute Gasteiger partial charge is 0.493 e. The maximum absolute atomic E-state index is 13.2. The molecule has 1 fully saturated rings. The van der Waals surface area contributed by atoms with Gasteiger partial charge in [0, 0.05) is 18.7 Å². The Bertz CT molecular complexity index is 1070. The third kappa shape index (κ3) is 5.36. The van der Waals surface area contributed by atoms with E-state index in [0.29, 0.717) is 24.6 Å². The van der Waals surface area contributed by atoms with Crippen LogP contribution in [0.3, 0.4) is 0 Å². The number of ether oxygens (including phenoxy) is 2. The number of halogens is 1. The monoisotopic (exact) mass is 480 g/mol. The van der Waals surface area contributed by atoms with Crippen molar-refractivity contribution in [1.29, 1.82) is 0 Å². The molecule has 1 atom stereocenters. The highest BCUT2D eigenvalue weighted by atomic mass is 35.5. The molecule has 7 nitrogen and oxygen atoms in total. The molecule has 0 radical (unpaired) electrons. The highest BCUT2D eigenvalue weighted by Crippen LogP contribution is 2.31. The number of benzene rings is 2. The fourth-order valence-corrected chi connectivity index (χ4v) is 5.77. The Balaban J connectivity index is 1.82. The highest BCUT2D eigenvalue weighted by molar-refractivity contribution is 7.89. The summed E-state index contributed by atoms with van der Waals surface area (Å²) in [7, 11) is -0.676. The Labute approximate surface area is 194 Å². The van der Waals surface area contributed by atoms with Crippen LogP contribution in [-0.2, 0) is 10.0 Å². The summed E-state index contributed by atoms with van der Waals surface area (Å²) in [6.45, 7) is 2.76. The topological polar surface area (TPSA) is 84.9 Å². The fraction of sp³-hybridized carbons (Fsp3) is 0.435. The van der Waals surface area contributed by atoms with Gasteiger partial charge in [-0.3, -0.25) is 4.79 Å². The van der Waals surface area contributed by atoms with E-state index in [1.165, 1.54) is 22.5 Å². The second-order valence-corrected chi connectivity index (χ2v) is 10.1. The molecule has 32 heavy (non-hydrogen) atoms. The predicted molar refractivity (Wildman–Crippen MR) is 124 cm³/mol. The van der Waals surface area contributed by atoms with E-state index in [-0.39, 0.29) is 21.5 Å². The molecule has 1 aliphatic rings. The summed E-state index contributed by atoms with van der Waals surface area (Å²) in [4.78, 5) is 12.9. The molecule has 0 spiro atoms. The molecule has 2 aromatic carbocycles. The maximum atomic E-state index is 13.2. The zero-order valence-corrected chi connectivity index (χ0v) is 20.1. The van der Waals surface area contributed by atoms with Crippen LogP contribution in [0.2, 0.25) is 5.02 Å². The molecule has 1 amide bonds. The Morgan fingerprint density at radius 2 is 1.66 bits per heavy atom. The number of amides is 1. The van der Waals surface area contributed by atoms with Crippen LogP contribution in [0.25, 0.3) is 0 Å². The molecule has 1 aliphatic heterocycles. The summed E-state index contributed by atoms with van der Waals surface area (Å²) in [6.07, 6.45) is 3.66. The first kappa shape index (κ1) is 24.4. The van der Waals surface area contributed by atoms with Crippen LogP contribution in [0.1, 0.15) is 54.6 Å². The van der Waals surface area contributed by atoms with Crippen LogP contribution in [-0.4, -0.2) is 45.9 Å². The van der Waals surface area contributed by atoms with E-state index < -0.39 is 15.9 Å². The van der Waals surface area contributed by atoms with E-state index in [0.717, 1.165) is 31.2 Å². The fourth-order valence-electron chi connectivity index (χ4n) is 3.75. The molecule has 0 unspecified atom stereocenters. The van der Waals surface area contributed by atoms with Gasteiger partial charge < -0.3 is 14.8 Å². The average Bonchev–Trinajstić information content (AvgIpc) is 3.09. The lowest BCUT2D eigenvalue weighted by molar-refractivity contribution is 0.0939. The molecule has 1 N–H and O–H groups in total. The summed E-state index contributed by atoms with van der Waals surface area (Å²) in [5.41, 5.74) is 1.05. The van der Waals surface area contributed by atoms with Crippen molar-refractivity contribution in [2.75, 3.05) is 27.3 Å². The van der Waals surface area contributed by atoms with Gasteiger partial charge in [-0.05, 0) is 55.7 Å². The second kappa shape index (κ2) is 10.6. The lowest BCUT2D eigenvalue weighted by Crippen LogP contribution is -2.32. The van der Waals surface area contributed by atoms with E-state index in [2.05, 4.69) is 5.32 Å². The third-order valence-electron chi connectivity index (χ3n) is 5.63. The molecule has 1 saturated heterocycles. The summed E-state index contributed by atoms with van der Waals surface area (Å²) in [5.74, 6) is 0.760. The minimum absolute atomic E-state index is 0.0347. The molecule has 9 heteroatoms. The van der Waals surface area contributed by atoms with E-state index in [9.17, 15) is 13.2 Å². The van der Waals surface area contributed by atoms with Gasteiger partial charge in [0.15, 0.2) is 11.5 Å². The van der Waals surface area contributed by atoms with Crippen LogP contribution in [0.5, 0.6) is 11.5 Å². The Hall–Kier alpha value is -2.29. The van der Waals surface area contributed by atoms with Gasteiger partial charge >= 0.3 is 0 Å². The standard InChI is InChI=1S/C23H29ClN2O5S/c1-16(17-9-11-20(30-2)21(14-17)31-3)25-23(27)18-8-10-19(24)22(15-18)32(28,29)26-12-6-4-5-7-13-26/h8-11,14-16H,4-7,12-13H2,1-3H3,(H,25,27)/t16-/m0/s1. The van der Waals surface area contributed by atoms with Gasteiger partial charge in [-0.1, -0.05) is 30.5 Å². The number of carbonyl (C=O) groups excluding carboxylic acids is 1. The number of hydrogen-bond acceptors (Lipinski definition) is 5. The van der Waals surface area contributed by atoms with Gasteiger partial charge in [-0.15, -0.1) is 0 Å². The van der Waals surface area contributed by atoms with Crippen molar-refractivity contribution in [3.63, 3.8) is 0 Å². The Morgan fingerprint density at radius 1 is 1.00 bits per heavy atom. The van der Waals surface area contributed by atoms with Gasteiger partial charge in [0.25, 0.3) is 5.91 Å². The van der Waals surface area contributed by atoms with Gasteiger partial charge in [0.2, 0.25) is 10.0 Å². The molecule has 0 aromatic heterocycles. The first-order chi connectivity index (χ1) is 15.3. The SMILES string of the molecule is COc1ccc([C@H](C)NC(=O)c2ccc(Cl)c(S(=O)(=O)N3CCCCCC3)c2)cc1OC. The number of rotatable bonds is 7. The minimum atomic E-state index is -3.78. The van der Waals surface area contributed by atoms with E-state index in [1.54, 1.807) is 26.4 Å². The first-order valence-electron chi connectivity index (χ1n) is 10.6. The van der Waals surface area contributed by atoms with E-state index >= 15 is 0 Å². The van der Waals surface area contributed by atoms with Crippen molar-refractivity contribution < 1.29 is 22.7 Å². The van der Waals surface area contributed by atoms with Crippen molar-refractivity contribution in [1.82, 2.24) is 9.62 Å². The minimum Gasteiger partial charge on any atom is -0.493 e. The normalized spacial score (nSPS) is 16.1. The quantitative estimate of drug-likeness (QED) is 0.634. The maximum Gasteiger partial charge on any atom is 0.251 e. The molecule has 2 aromatic rings. The van der Waals surface area contributed by atoms with Crippen molar-refractivity contribution in [3.05, 3.63) is 52.5 Å². The van der Waals surface area contributed by atoms with E-state index in [1.807, 2.05) is 13.0 Å². The molecule has 1 heterocycles. The molecule has 3 rings (SSSR count). The second-order valence-electron chi connectivity index (χ2n) is 7.77. The van der Waals surface area contributed by atoms with Crippen LogP contribution in [0, 0.1) is 0 Å². The lowest BCUT2D eigenvalue weighted by atomic mass is 10.1. The summed E-state index contributed by atoms with van der Waals surface area (Å²) in [6, 6.07) is 9.40. The number of nitrogens with zero attached hydrogens (tertiary/aromatic N) is 1. The molecule has 174 valence electrons. The number of hydrogen-bond donors (Lipinski definition) is 1. The van der Waals surface area contributed by atoms with Crippen molar-refractivity contribution in [2.45, 2.75) is 43.5 Å².